The van der Waals surface area contributed by atoms with Crippen molar-refractivity contribution in [2.45, 2.75) is 62.1 Å². The number of rotatable bonds is 1. The molecule has 1 saturated carbocycles. The lowest BCUT2D eigenvalue weighted by Gasteiger charge is -2.62. The first-order valence-electron chi connectivity index (χ1n) is 9.57. The van der Waals surface area contributed by atoms with Crippen LogP contribution in [-0.4, -0.2) is 52.6 Å². The van der Waals surface area contributed by atoms with E-state index in [-0.39, 0.29) is 17.7 Å². The molecule has 10 atom stereocenters. The molecule has 1 aliphatic carbocycles. The van der Waals surface area contributed by atoms with E-state index in [1.165, 1.54) is 11.3 Å². The van der Waals surface area contributed by atoms with Crippen molar-refractivity contribution in [1.82, 2.24) is 4.90 Å². The molecule has 128 valence electrons. The fourth-order valence-corrected chi connectivity index (χ4v) is 7.88. The molecule has 0 aromatic heterocycles. The first kappa shape index (κ1) is 14.1. The van der Waals surface area contributed by atoms with Gasteiger partial charge in [-0.3, -0.25) is 4.90 Å². The molecule has 5 fully saturated rings. The summed E-state index contributed by atoms with van der Waals surface area (Å²) in [4.78, 5) is 4.83. The number of nitrogens with zero attached hydrogens (tertiary/aromatic N) is 2. The summed E-state index contributed by atoms with van der Waals surface area (Å²) < 4.78 is 0. The summed E-state index contributed by atoms with van der Waals surface area (Å²) in [6.07, 6.45) is 2.56. The molecule has 0 amide bonds. The summed E-state index contributed by atoms with van der Waals surface area (Å²) in [5.41, 5.74) is 2.51. The van der Waals surface area contributed by atoms with Crippen LogP contribution in [0.15, 0.2) is 24.3 Å². The number of aliphatic hydroxyl groups excluding tert-OH is 2. The second kappa shape index (κ2) is 4.17. The fraction of sp³-hybridized carbons (Fsp3) is 0.700. The van der Waals surface area contributed by atoms with E-state index in [1.807, 2.05) is 0 Å². The van der Waals surface area contributed by atoms with Crippen LogP contribution in [0.5, 0.6) is 0 Å². The van der Waals surface area contributed by atoms with Crippen LogP contribution < -0.4 is 4.90 Å². The van der Waals surface area contributed by atoms with Gasteiger partial charge in [0.25, 0.3) is 0 Å². The molecule has 1 spiro atoms. The van der Waals surface area contributed by atoms with Gasteiger partial charge in [0.1, 0.15) is 6.23 Å². The van der Waals surface area contributed by atoms with E-state index in [0.717, 1.165) is 19.3 Å². The molecule has 5 aliphatic heterocycles. The lowest BCUT2D eigenvalue weighted by atomic mass is 9.62. The summed E-state index contributed by atoms with van der Waals surface area (Å²) in [5, 5.41) is 22.6. The monoisotopic (exact) mass is 326 g/mol. The molecule has 0 radical (unpaired) electrons. The Balaban J connectivity index is 1.60. The lowest BCUT2D eigenvalue weighted by Crippen LogP contribution is -2.72. The number of benzene rings is 1. The van der Waals surface area contributed by atoms with Gasteiger partial charge in [-0.05, 0) is 36.8 Å². The molecule has 2 N–H and O–H groups in total. The molecule has 4 saturated heterocycles. The highest BCUT2D eigenvalue weighted by atomic mass is 16.3. The summed E-state index contributed by atoms with van der Waals surface area (Å²) in [6, 6.07) is 9.70. The predicted molar refractivity (Wildman–Crippen MR) is 91.7 cm³/mol. The first-order valence-corrected chi connectivity index (χ1v) is 9.57. The molecule has 4 nitrogen and oxygen atoms in total. The average Bonchev–Trinajstić information content (AvgIpc) is 2.97. The highest BCUT2D eigenvalue weighted by molar-refractivity contribution is 5.67. The smallest absolute Gasteiger partial charge is 0.111 e. The second-order valence-corrected chi connectivity index (χ2v) is 8.81. The summed E-state index contributed by atoms with van der Waals surface area (Å²) in [5.74, 6) is 1.14. The van der Waals surface area contributed by atoms with Gasteiger partial charge in [-0.1, -0.05) is 25.1 Å². The molecule has 7 rings (SSSR count). The molecule has 5 bridgehead atoms. The molecule has 24 heavy (non-hydrogen) atoms. The van der Waals surface area contributed by atoms with Crippen molar-refractivity contribution in [2.75, 3.05) is 11.9 Å². The minimum atomic E-state index is -0.319. The fourth-order valence-electron chi connectivity index (χ4n) is 7.88. The maximum atomic E-state index is 11.6. The van der Waals surface area contributed by atoms with Gasteiger partial charge < -0.3 is 15.1 Å². The van der Waals surface area contributed by atoms with Crippen LogP contribution >= 0.6 is 0 Å². The topological polar surface area (TPSA) is 46.9 Å². The maximum absolute atomic E-state index is 11.6. The summed E-state index contributed by atoms with van der Waals surface area (Å²) in [6.45, 7) is 2.19. The Morgan fingerprint density at radius 3 is 2.79 bits per heavy atom. The molecule has 6 aliphatic rings. The van der Waals surface area contributed by atoms with E-state index in [1.54, 1.807) is 0 Å². The largest absolute Gasteiger partial charge is 0.392 e. The van der Waals surface area contributed by atoms with E-state index < -0.39 is 0 Å². The number of anilines is 1. The Hall–Kier alpha value is -1.10. The molecule has 1 aromatic rings. The third-order valence-electron chi connectivity index (χ3n) is 8.46. The standard InChI is InChI=1S/C20H26N2O2/c1-3-10-11-8-14-17-20(12-6-4-5-7-13(12)21(17)2)9-15(16(11)18(20)23)22(14)19(10)24/h4-7,10-11,14-19,23-24H,3,8-9H2,1-2H3/t10-,11?,14-,15+,16?,17-,18+,19+,20+/m0/s1. The van der Waals surface area contributed by atoms with Crippen molar-refractivity contribution >= 4 is 5.69 Å². The quantitative estimate of drug-likeness (QED) is 0.822. The van der Waals surface area contributed by atoms with Gasteiger partial charge >= 0.3 is 0 Å². The number of fused-ring (bicyclic) bond motifs is 2. The van der Waals surface area contributed by atoms with E-state index in [9.17, 15) is 10.2 Å². The highest BCUT2D eigenvalue weighted by Crippen LogP contribution is 2.68. The van der Waals surface area contributed by atoms with Gasteiger partial charge in [0, 0.05) is 42.1 Å². The van der Waals surface area contributed by atoms with E-state index in [4.69, 9.17) is 0 Å². The number of hydrogen-bond acceptors (Lipinski definition) is 4. The Kier molecular flexibility index (Phi) is 2.45. The van der Waals surface area contributed by atoms with Crippen molar-refractivity contribution in [2.24, 2.45) is 17.8 Å². The SMILES string of the molecule is CC[C@H]1C2C[C@H]3[C@@H]4N(C)c5ccccc5[C@]45C[C@H](C2[C@H]5O)N3[C@@H]1O. The van der Waals surface area contributed by atoms with Gasteiger partial charge in [0.2, 0.25) is 0 Å². The number of aliphatic hydroxyl groups is 2. The second-order valence-electron chi connectivity index (χ2n) is 8.81. The molecule has 1 aromatic carbocycles. The number of para-hydroxylation sites is 1. The predicted octanol–water partition coefficient (Wildman–Crippen LogP) is 1.55. The average molecular weight is 326 g/mol. The summed E-state index contributed by atoms with van der Waals surface area (Å²) >= 11 is 0. The number of hydrogen-bond donors (Lipinski definition) is 2. The van der Waals surface area contributed by atoms with Crippen molar-refractivity contribution in [3.8, 4) is 0 Å². The van der Waals surface area contributed by atoms with E-state index >= 15 is 0 Å². The van der Waals surface area contributed by atoms with Crippen molar-refractivity contribution in [1.29, 1.82) is 0 Å². The van der Waals surface area contributed by atoms with Gasteiger partial charge in [-0.2, -0.15) is 0 Å². The molecule has 4 heteroatoms. The molecule has 3 unspecified atom stereocenters. The van der Waals surface area contributed by atoms with E-state index in [0.29, 0.717) is 35.9 Å². The first-order chi connectivity index (χ1) is 11.6. The van der Waals surface area contributed by atoms with Crippen LogP contribution in [0.4, 0.5) is 5.69 Å². The summed E-state index contributed by atoms with van der Waals surface area (Å²) in [7, 11) is 2.19. The zero-order valence-corrected chi connectivity index (χ0v) is 14.3. The lowest BCUT2D eigenvalue weighted by molar-refractivity contribution is -0.211. The molecular weight excluding hydrogens is 300 g/mol. The Bertz CT molecular complexity index is 723. The van der Waals surface area contributed by atoms with Crippen LogP contribution in [0, 0.1) is 17.8 Å². The van der Waals surface area contributed by atoms with Crippen LogP contribution in [0.3, 0.4) is 0 Å². The normalized spacial score (nSPS) is 55.8. The zero-order chi connectivity index (χ0) is 16.4. The Labute approximate surface area is 143 Å². The third kappa shape index (κ3) is 1.20. The molecular formula is C20H26N2O2. The van der Waals surface area contributed by atoms with Crippen LogP contribution in [0.25, 0.3) is 0 Å². The van der Waals surface area contributed by atoms with Crippen molar-refractivity contribution in [3.63, 3.8) is 0 Å². The Morgan fingerprint density at radius 1 is 1.21 bits per heavy atom. The van der Waals surface area contributed by atoms with Crippen molar-refractivity contribution < 1.29 is 10.2 Å². The van der Waals surface area contributed by atoms with Gasteiger partial charge in [0.05, 0.1) is 12.1 Å². The van der Waals surface area contributed by atoms with Gasteiger partial charge in [0.15, 0.2) is 0 Å². The van der Waals surface area contributed by atoms with Crippen LogP contribution in [0.2, 0.25) is 0 Å². The van der Waals surface area contributed by atoms with Gasteiger partial charge in [-0.25, -0.2) is 0 Å². The van der Waals surface area contributed by atoms with Gasteiger partial charge in [-0.15, -0.1) is 0 Å². The maximum Gasteiger partial charge on any atom is 0.111 e. The van der Waals surface area contributed by atoms with Crippen LogP contribution in [0.1, 0.15) is 31.7 Å². The highest BCUT2D eigenvalue weighted by Gasteiger charge is 2.76. The zero-order valence-electron chi connectivity index (χ0n) is 14.3. The number of likely N-dealkylation sites (N-methyl/N-ethyl adjacent to an activating group) is 1. The minimum absolute atomic E-state index is 0.126. The van der Waals surface area contributed by atoms with Crippen LogP contribution in [-0.2, 0) is 5.41 Å². The van der Waals surface area contributed by atoms with E-state index in [2.05, 4.69) is 48.0 Å². The third-order valence-corrected chi connectivity index (χ3v) is 8.46. The molecule has 5 heterocycles. The minimum Gasteiger partial charge on any atom is -0.392 e. The van der Waals surface area contributed by atoms with Crippen molar-refractivity contribution in [3.05, 3.63) is 29.8 Å². The Morgan fingerprint density at radius 2 is 2.00 bits per heavy atom. The number of piperidine rings is 4.